The lowest BCUT2D eigenvalue weighted by Crippen LogP contribution is -2.45. The minimum absolute atomic E-state index is 0.222. The van der Waals surface area contributed by atoms with Gasteiger partial charge in [-0.15, -0.1) is 11.3 Å². The Morgan fingerprint density at radius 2 is 2.39 bits per heavy atom. The number of rotatable bonds is 5. The number of nitrogens with zero attached hydrogens (tertiary/aromatic N) is 2. The molecule has 0 bridgehead atoms. The number of aromatic nitrogens is 1. The standard InChI is InChI=1S/C14H17N3O4S2/c1-10-8-11(16-21-10)9-15-14(18)12-4-2-6-17(12)23(19,20)13-5-3-7-22-13/h3,5,7-8,12H,2,4,6,9H2,1H3,(H,15,18). The van der Waals surface area contributed by atoms with Crippen LogP contribution in [0.15, 0.2) is 32.3 Å². The first-order valence-corrected chi connectivity index (χ1v) is 9.56. The maximum atomic E-state index is 12.6. The van der Waals surface area contributed by atoms with E-state index in [1.165, 1.54) is 4.31 Å². The summed E-state index contributed by atoms with van der Waals surface area (Å²) in [4.78, 5) is 12.4. The van der Waals surface area contributed by atoms with Crippen molar-refractivity contribution in [1.29, 1.82) is 0 Å². The molecule has 2 aromatic heterocycles. The maximum absolute atomic E-state index is 12.6. The van der Waals surface area contributed by atoms with E-state index in [4.69, 9.17) is 4.52 Å². The third kappa shape index (κ3) is 3.31. The van der Waals surface area contributed by atoms with Crippen molar-refractivity contribution < 1.29 is 17.7 Å². The Morgan fingerprint density at radius 3 is 3.04 bits per heavy atom. The van der Waals surface area contributed by atoms with Crippen LogP contribution in [0, 0.1) is 6.92 Å². The second-order valence-corrected chi connectivity index (χ2v) is 8.42. The van der Waals surface area contributed by atoms with E-state index in [0.29, 0.717) is 30.8 Å². The van der Waals surface area contributed by atoms with E-state index in [1.807, 2.05) is 0 Å². The highest BCUT2D eigenvalue weighted by Crippen LogP contribution is 2.28. The summed E-state index contributed by atoms with van der Waals surface area (Å²) in [5.74, 6) is 0.361. The summed E-state index contributed by atoms with van der Waals surface area (Å²) in [5, 5.41) is 8.25. The molecule has 1 amide bonds. The number of hydrogen-bond acceptors (Lipinski definition) is 6. The Hall–Kier alpha value is -1.71. The smallest absolute Gasteiger partial charge is 0.253 e. The summed E-state index contributed by atoms with van der Waals surface area (Å²) in [7, 11) is -3.61. The first-order valence-electron chi connectivity index (χ1n) is 7.24. The Balaban J connectivity index is 1.70. The van der Waals surface area contributed by atoms with Crippen molar-refractivity contribution in [2.75, 3.05) is 6.54 Å². The van der Waals surface area contributed by atoms with Crippen LogP contribution in [0.2, 0.25) is 0 Å². The Labute approximate surface area is 138 Å². The van der Waals surface area contributed by atoms with Gasteiger partial charge in [0.25, 0.3) is 10.0 Å². The number of hydrogen-bond donors (Lipinski definition) is 1. The lowest BCUT2D eigenvalue weighted by molar-refractivity contribution is -0.124. The van der Waals surface area contributed by atoms with Crippen LogP contribution in [0.25, 0.3) is 0 Å². The molecule has 9 heteroatoms. The van der Waals surface area contributed by atoms with E-state index in [1.54, 1.807) is 30.5 Å². The molecule has 1 unspecified atom stereocenters. The Bertz CT molecular complexity index is 783. The van der Waals surface area contributed by atoms with Gasteiger partial charge in [0.05, 0.1) is 6.54 Å². The molecule has 0 aromatic carbocycles. The second kappa shape index (κ2) is 6.42. The second-order valence-electron chi connectivity index (χ2n) is 5.35. The van der Waals surface area contributed by atoms with Crippen LogP contribution in [0.1, 0.15) is 24.3 Å². The molecular formula is C14H17N3O4S2. The van der Waals surface area contributed by atoms with Crippen molar-refractivity contribution >= 4 is 27.3 Å². The first-order chi connectivity index (χ1) is 11.0. The molecule has 1 atom stereocenters. The number of sulfonamides is 1. The molecule has 1 saturated heterocycles. The van der Waals surface area contributed by atoms with Crippen LogP contribution in [0.5, 0.6) is 0 Å². The predicted molar refractivity (Wildman–Crippen MR) is 84.3 cm³/mol. The van der Waals surface area contributed by atoms with Gasteiger partial charge in [-0.1, -0.05) is 11.2 Å². The van der Waals surface area contributed by atoms with Crippen molar-refractivity contribution in [3.8, 4) is 0 Å². The minimum atomic E-state index is -3.61. The highest BCUT2D eigenvalue weighted by Gasteiger charge is 2.39. The van der Waals surface area contributed by atoms with E-state index < -0.39 is 16.1 Å². The number of amides is 1. The number of aryl methyl sites for hydroxylation is 1. The monoisotopic (exact) mass is 355 g/mol. The third-order valence-corrected chi connectivity index (χ3v) is 6.97. The van der Waals surface area contributed by atoms with Crippen LogP contribution >= 0.6 is 11.3 Å². The van der Waals surface area contributed by atoms with Crippen LogP contribution in [0.4, 0.5) is 0 Å². The molecule has 7 nitrogen and oxygen atoms in total. The summed E-state index contributed by atoms with van der Waals surface area (Å²) in [6.07, 6.45) is 1.19. The lowest BCUT2D eigenvalue weighted by Gasteiger charge is -2.22. The lowest BCUT2D eigenvalue weighted by atomic mass is 10.2. The van der Waals surface area contributed by atoms with Crippen molar-refractivity contribution in [1.82, 2.24) is 14.8 Å². The molecule has 23 heavy (non-hydrogen) atoms. The molecule has 0 aliphatic carbocycles. The van der Waals surface area contributed by atoms with E-state index >= 15 is 0 Å². The first kappa shape index (κ1) is 16.2. The molecule has 1 aliphatic rings. The largest absolute Gasteiger partial charge is 0.361 e. The minimum Gasteiger partial charge on any atom is -0.361 e. The van der Waals surface area contributed by atoms with Gasteiger partial charge < -0.3 is 9.84 Å². The van der Waals surface area contributed by atoms with Crippen molar-refractivity contribution in [2.45, 2.75) is 36.6 Å². The quantitative estimate of drug-likeness (QED) is 0.878. The van der Waals surface area contributed by atoms with Gasteiger partial charge in [-0.05, 0) is 31.2 Å². The number of carbonyl (C=O) groups excluding carboxylic acids is 1. The van der Waals surface area contributed by atoms with Gasteiger partial charge in [0, 0.05) is 12.6 Å². The van der Waals surface area contributed by atoms with Gasteiger partial charge in [0.2, 0.25) is 5.91 Å². The molecule has 1 N–H and O–H groups in total. The molecule has 2 aromatic rings. The molecule has 3 heterocycles. The highest BCUT2D eigenvalue weighted by atomic mass is 32.2. The summed E-state index contributed by atoms with van der Waals surface area (Å²) in [6.45, 7) is 2.35. The van der Waals surface area contributed by atoms with Crippen LogP contribution < -0.4 is 5.32 Å². The molecular weight excluding hydrogens is 338 g/mol. The zero-order valence-corrected chi connectivity index (χ0v) is 14.2. The SMILES string of the molecule is Cc1cc(CNC(=O)C2CCCN2S(=O)(=O)c2cccs2)no1. The summed E-state index contributed by atoms with van der Waals surface area (Å²) >= 11 is 1.16. The number of thiophene rings is 1. The van der Waals surface area contributed by atoms with Crippen LogP contribution in [0.3, 0.4) is 0 Å². The molecule has 0 radical (unpaired) electrons. The summed E-state index contributed by atoms with van der Waals surface area (Å²) < 4.78 is 31.7. The normalized spacial score (nSPS) is 19.1. The van der Waals surface area contributed by atoms with Gasteiger partial charge in [-0.25, -0.2) is 8.42 Å². The highest BCUT2D eigenvalue weighted by molar-refractivity contribution is 7.91. The molecule has 1 fully saturated rings. The zero-order chi connectivity index (χ0) is 16.4. The molecule has 3 rings (SSSR count). The topological polar surface area (TPSA) is 92.5 Å². The fourth-order valence-electron chi connectivity index (χ4n) is 2.61. The van der Waals surface area contributed by atoms with Gasteiger partial charge >= 0.3 is 0 Å². The number of nitrogens with one attached hydrogen (secondary N) is 1. The molecule has 0 saturated carbocycles. The summed E-state index contributed by atoms with van der Waals surface area (Å²) in [5.41, 5.74) is 0.613. The van der Waals surface area contributed by atoms with Gasteiger partial charge in [-0.3, -0.25) is 4.79 Å². The fraction of sp³-hybridized carbons (Fsp3) is 0.429. The third-order valence-electron chi connectivity index (χ3n) is 3.68. The van der Waals surface area contributed by atoms with E-state index in [2.05, 4.69) is 10.5 Å². The van der Waals surface area contributed by atoms with Crippen LogP contribution in [-0.2, 0) is 21.4 Å². The fourth-order valence-corrected chi connectivity index (χ4v) is 5.39. The van der Waals surface area contributed by atoms with E-state index in [9.17, 15) is 13.2 Å². The average Bonchev–Trinajstić information content (AvgIpc) is 3.25. The Morgan fingerprint density at radius 1 is 1.57 bits per heavy atom. The van der Waals surface area contributed by atoms with Gasteiger partial charge in [0.15, 0.2) is 0 Å². The van der Waals surface area contributed by atoms with E-state index in [-0.39, 0.29) is 16.7 Å². The summed E-state index contributed by atoms with van der Waals surface area (Å²) in [6, 6.07) is 4.31. The van der Waals surface area contributed by atoms with Crippen molar-refractivity contribution in [3.63, 3.8) is 0 Å². The van der Waals surface area contributed by atoms with Gasteiger partial charge in [-0.2, -0.15) is 4.31 Å². The van der Waals surface area contributed by atoms with Crippen molar-refractivity contribution in [2.24, 2.45) is 0 Å². The van der Waals surface area contributed by atoms with Gasteiger partial charge in [0.1, 0.15) is 21.7 Å². The Kier molecular flexibility index (Phi) is 4.51. The maximum Gasteiger partial charge on any atom is 0.253 e. The van der Waals surface area contributed by atoms with E-state index in [0.717, 1.165) is 11.3 Å². The predicted octanol–water partition coefficient (Wildman–Crippen LogP) is 1.51. The molecule has 1 aliphatic heterocycles. The van der Waals surface area contributed by atoms with Crippen LogP contribution in [-0.4, -0.2) is 36.4 Å². The zero-order valence-electron chi connectivity index (χ0n) is 12.6. The van der Waals surface area contributed by atoms with Crippen molar-refractivity contribution in [3.05, 3.63) is 35.0 Å². The molecule has 0 spiro atoms. The number of carbonyl (C=O) groups is 1. The average molecular weight is 355 g/mol. The molecule has 124 valence electrons.